The first kappa shape index (κ1) is 19.0. The van der Waals surface area contributed by atoms with Crippen molar-refractivity contribution >= 4 is 39.4 Å². The molecule has 0 aliphatic carbocycles. The first-order valence-electron chi connectivity index (χ1n) is 10.2. The molecule has 2 aliphatic heterocycles. The van der Waals surface area contributed by atoms with Crippen LogP contribution in [0.3, 0.4) is 0 Å². The van der Waals surface area contributed by atoms with Crippen LogP contribution in [0, 0.1) is 3.70 Å². The van der Waals surface area contributed by atoms with Gasteiger partial charge in [-0.1, -0.05) is 0 Å². The molecule has 0 radical (unpaired) electrons. The summed E-state index contributed by atoms with van der Waals surface area (Å²) < 4.78 is 15.1. The fourth-order valence-electron chi connectivity index (χ4n) is 4.18. The Morgan fingerprint density at radius 2 is 1.79 bits per heavy atom. The van der Waals surface area contributed by atoms with Gasteiger partial charge < -0.3 is 14.4 Å². The smallest absolute Gasteiger partial charge is 0.225 e. The molecule has 29 heavy (non-hydrogen) atoms. The molecule has 5 rings (SSSR count). The minimum atomic E-state index is 0.214. The van der Waals surface area contributed by atoms with Crippen LogP contribution < -0.4 is 9.64 Å². The predicted molar refractivity (Wildman–Crippen MR) is 119 cm³/mol. The Morgan fingerprint density at radius 3 is 2.55 bits per heavy atom. The van der Waals surface area contributed by atoms with Crippen LogP contribution in [0.15, 0.2) is 36.7 Å². The Labute approximate surface area is 183 Å². The lowest BCUT2D eigenvalue weighted by Gasteiger charge is -2.32. The molecule has 0 atom stereocenters. The number of hydrogen-bond acceptors (Lipinski definition) is 6. The first-order valence-corrected chi connectivity index (χ1v) is 11.3. The summed E-state index contributed by atoms with van der Waals surface area (Å²) in [5, 5.41) is 6.01. The summed E-state index contributed by atoms with van der Waals surface area (Å²) in [6.45, 7) is 3.44. The molecule has 8 heteroatoms. The highest BCUT2D eigenvalue weighted by Gasteiger charge is 2.24. The second kappa shape index (κ2) is 8.43. The van der Waals surface area contributed by atoms with Gasteiger partial charge in [-0.3, -0.25) is 4.68 Å². The largest absolute Gasteiger partial charge is 0.490 e. The van der Waals surface area contributed by atoms with E-state index in [0.717, 1.165) is 72.9 Å². The second-order valence-corrected chi connectivity index (χ2v) is 8.63. The first-order chi connectivity index (χ1) is 14.3. The molecule has 2 saturated heterocycles. The Balaban J connectivity index is 1.30. The molecule has 2 aliphatic rings. The molecule has 1 aromatic carbocycles. The summed E-state index contributed by atoms with van der Waals surface area (Å²) in [5.74, 6) is 1.74. The lowest BCUT2D eigenvalue weighted by atomic mass is 10.1. The van der Waals surface area contributed by atoms with Crippen molar-refractivity contribution in [2.75, 3.05) is 31.2 Å². The van der Waals surface area contributed by atoms with Crippen LogP contribution in [-0.4, -0.2) is 52.2 Å². The van der Waals surface area contributed by atoms with Gasteiger partial charge in [0.05, 0.1) is 11.6 Å². The summed E-state index contributed by atoms with van der Waals surface area (Å²) in [4.78, 5) is 10.9. The highest BCUT2D eigenvalue weighted by molar-refractivity contribution is 14.1. The summed E-state index contributed by atoms with van der Waals surface area (Å²) in [6.07, 6.45) is 7.76. The van der Waals surface area contributed by atoms with Gasteiger partial charge in [-0.2, -0.15) is 5.10 Å². The zero-order valence-electron chi connectivity index (χ0n) is 16.2. The van der Waals surface area contributed by atoms with Crippen LogP contribution in [0.5, 0.6) is 5.75 Å². The third kappa shape index (κ3) is 4.05. The molecule has 0 bridgehead atoms. The molecule has 0 N–H and O–H groups in total. The van der Waals surface area contributed by atoms with Crippen molar-refractivity contribution in [1.29, 1.82) is 0 Å². The van der Waals surface area contributed by atoms with Crippen molar-refractivity contribution in [2.24, 2.45) is 0 Å². The lowest BCUT2D eigenvalue weighted by Crippen LogP contribution is -2.39. The quantitative estimate of drug-likeness (QED) is 0.503. The van der Waals surface area contributed by atoms with Gasteiger partial charge in [-0.15, -0.1) is 0 Å². The van der Waals surface area contributed by atoms with Crippen molar-refractivity contribution < 1.29 is 9.47 Å². The van der Waals surface area contributed by atoms with Crippen molar-refractivity contribution in [3.8, 4) is 5.75 Å². The number of halogens is 1. The summed E-state index contributed by atoms with van der Waals surface area (Å²) in [7, 11) is 0. The standard InChI is InChI=1S/C21H24IN5O2/c22-20-18-3-2-17(14-19(18)27(25-20)15-6-12-28-13-7-15)29-16-4-10-26(11-5-16)21-23-8-1-9-24-21/h1-3,8-9,14-16H,4-7,10-13H2. The highest BCUT2D eigenvalue weighted by Crippen LogP contribution is 2.31. The van der Waals surface area contributed by atoms with E-state index in [4.69, 9.17) is 14.6 Å². The number of piperidine rings is 1. The normalized spacial score (nSPS) is 19.0. The van der Waals surface area contributed by atoms with Crippen molar-refractivity contribution in [3.63, 3.8) is 0 Å². The van der Waals surface area contributed by atoms with E-state index in [0.29, 0.717) is 6.04 Å². The highest BCUT2D eigenvalue weighted by atomic mass is 127. The molecule has 3 aromatic rings. The molecule has 152 valence electrons. The van der Waals surface area contributed by atoms with E-state index in [1.54, 1.807) is 12.4 Å². The molecule has 0 amide bonds. The molecule has 0 unspecified atom stereocenters. The molecular weight excluding hydrogens is 481 g/mol. The molecule has 2 aromatic heterocycles. The average molecular weight is 505 g/mol. The van der Waals surface area contributed by atoms with Gasteiger partial charge in [0.2, 0.25) is 5.95 Å². The zero-order chi connectivity index (χ0) is 19.6. The monoisotopic (exact) mass is 505 g/mol. The van der Waals surface area contributed by atoms with Gasteiger partial charge in [-0.25, -0.2) is 9.97 Å². The third-order valence-electron chi connectivity index (χ3n) is 5.75. The van der Waals surface area contributed by atoms with Gasteiger partial charge >= 0.3 is 0 Å². The molecule has 2 fully saturated rings. The van der Waals surface area contributed by atoms with Crippen molar-refractivity contribution in [2.45, 2.75) is 37.8 Å². The number of anilines is 1. The molecular formula is C21H24IN5O2. The van der Waals surface area contributed by atoms with E-state index < -0.39 is 0 Å². The predicted octanol–water partition coefficient (Wildman–Crippen LogP) is 3.83. The zero-order valence-corrected chi connectivity index (χ0v) is 18.4. The molecule has 4 heterocycles. The summed E-state index contributed by atoms with van der Waals surface area (Å²) in [6, 6.07) is 8.63. The summed E-state index contributed by atoms with van der Waals surface area (Å²) >= 11 is 2.33. The van der Waals surface area contributed by atoms with E-state index in [1.807, 2.05) is 6.07 Å². The maximum absolute atomic E-state index is 6.36. The number of hydrogen-bond donors (Lipinski definition) is 0. The number of fused-ring (bicyclic) bond motifs is 1. The lowest BCUT2D eigenvalue weighted by molar-refractivity contribution is 0.0673. The van der Waals surface area contributed by atoms with Crippen LogP contribution in [0.4, 0.5) is 5.95 Å². The van der Waals surface area contributed by atoms with Crippen LogP contribution in [0.25, 0.3) is 10.9 Å². The molecule has 0 saturated carbocycles. The maximum atomic E-state index is 6.36. The number of benzene rings is 1. The third-order valence-corrected chi connectivity index (χ3v) is 6.55. The van der Waals surface area contributed by atoms with Crippen molar-refractivity contribution in [1.82, 2.24) is 19.7 Å². The average Bonchev–Trinajstić information content (AvgIpc) is 3.11. The summed E-state index contributed by atoms with van der Waals surface area (Å²) in [5.41, 5.74) is 1.16. The maximum Gasteiger partial charge on any atom is 0.225 e. The Hall–Kier alpha value is -1.94. The number of nitrogens with zero attached hydrogens (tertiary/aromatic N) is 5. The topological polar surface area (TPSA) is 65.3 Å². The van der Waals surface area contributed by atoms with Crippen LogP contribution in [0.1, 0.15) is 31.7 Å². The Morgan fingerprint density at radius 1 is 1.03 bits per heavy atom. The van der Waals surface area contributed by atoms with E-state index in [1.165, 1.54) is 5.39 Å². The number of rotatable bonds is 4. The number of ether oxygens (including phenoxy) is 2. The minimum Gasteiger partial charge on any atom is -0.490 e. The van der Waals surface area contributed by atoms with Gasteiger partial charge in [0.1, 0.15) is 15.6 Å². The van der Waals surface area contributed by atoms with Crippen molar-refractivity contribution in [3.05, 3.63) is 40.4 Å². The SMILES string of the molecule is Ic1nn(C2CCOCC2)c2cc(OC3CCN(c4ncccn4)CC3)ccc12. The van der Waals surface area contributed by atoms with E-state index in [2.05, 4.69) is 60.3 Å². The minimum absolute atomic E-state index is 0.214. The van der Waals surface area contributed by atoms with E-state index in [9.17, 15) is 0 Å². The molecule has 0 spiro atoms. The number of aromatic nitrogens is 4. The Bertz CT molecular complexity index is 966. The van der Waals surface area contributed by atoms with Crippen LogP contribution >= 0.6 is 22.6 Å². The van der Waals surface area contributed by atoms with E-state index in [-0.39, 0.29) is 6.10 Å². The van der Waals surface area contributed by atoms with Gasteiger partial charge in [-0.05, 0) is 53.6 Å². The van der Waals surface area contributed by atoms with Gasteiger partial charge in [0.25, 0.3) is 0 Å². The van der Waals surface area contributed by atoms with Gasteiger partial charge in [0, 0.05) is 63.0 Å². The molecule has 7 nitrogen and oxygen atoms in total. The second-order valence-electron chi connectivity index (χ2n) is 7.61. The van der Waals surface area contributed by atoms with Crippen LogP contribution in [0.2, 0.25) is 0 Å². The Kier molecular flexibility index (Phi) is 5.54. The van der Waals surface area contributed by atoms with Crippen LogP contribution in [-0.2, 0) is 4.74 Å². The fourth-order valence-corrected chi connectivity index (χ4v) is 4.87. The van der Waals surface area contributed by atoms with E-state index >= 15 is 0 Å². The fraction of sp³-hybridized carbons (Fsp3) is 0.476. The van der Waals surface area contributed by atoms with Gasteiger partial charge in [0.15, 0.2) is 0 Å².